The quantitative estimate of drug-likeness (QED) is 0.496. The van der Waals surface area contributed by atoms with E-state index >= 15 is 0 Å². The molecule has 1 fully saturated rings. The number of hydrogen-bond donors (Lipinski definition) is 0. The molecule has 0 radical (unpaired) electrons. The zero-order chi connectivity index (χ0) is 24.9. The van der Waals surface area contributed by atoms with Crippen LogP contribution in [0.4, 0.5) is 5.69 Å². The Kier molecular flexibility index (Phi) is 7.73. The number of Topliss-reactive ketones (excluding diaryl/α,β-unsaturated/α-hetero) is 1. The monoisotopic (exact) mass is 478 g/mol. The fourth-order valence-electron chi connectivity index (χ4n) is 4.56. The molecule has 2 amide bonds. The van der Waals surface area contributed by atoms with Crippen LogP contribution in [0.15, 0.2) is 36.4 Å². The van der Waals surface area contributed by atoms with Crippen LogP contribution in [0.25, 0.3) is 0 Å². The van der Waals surface area contributed by atoms with Gasteiger partial charge >= 0.3 is 0 Å². The maximum atomic E-state index is 12.9. The summed E-state index contributed by atoms with van der Waals surface area (Å²) in [5.74, 6) is 1.38. The summed E-state index contributed by atoms with van der Waals surface area (Å²) < 4.78 is 11.4. The smallest absolute Gasteiger partial charge is 0.265 e. The summed E-state index contributed by atoms with van der Waals surface area (Å²) in [5, 5.41) is 0. The van der Waals surface area contributed by atoms with Gasteiger partial charge in [0.2, 0.25) is 5.91 Å². The lowest BCUT2D eigenvalue weighted by Gasteiger charge is -2.30. The van der Waals surface area contributed by atoms with E-state index in [2.05, 4.69) is 19.9 Å². The molecule has 0 N–H and O–H groups in total. The van der Waals surface area contributed by atoms with Crippen molar-refractivity contribution in [1.82, 2.24) is 4.90 Å². The molecule has 4 rings (SSSR count). The van der Waals surface area contributed by atoms with E-state index in [1.54, 1.807) is 23.1 Å². The third-order valence-corrected chi connectivity index (χ3v) is 6.56. The highest BCUT2D eigenvalue weighted by Crippen LogP contribution is 2.33. The van der Waals surface area contributed by atoms with Crippen molar-refractivity contribution in [2.24, 2.45) is 0 Å². The van der Waals surface area contributed by atoms with Crippen LogP contribution in [-0.2, 0) is 9.59 Å². The van der Waals surface area contributed by atoms with Crippen LogP contribution in [0, 0.1) is 6.92 Å². The predicted molar refractivity (Wildman–Crippen MR) is 134 cm³/mol. The molecule has 1 saturated heterocycles. The second-order valence-electron chi connectivity index (χ2n) is 9.65. The van der Waals surface area contributed by atoms with E-state index < -0.39 is 0 Å². The average Bonchev–Trinajstić information content (AvgIpc) is 3.38. The van der Waals surface area contributed by atoms with Crippen LogP contribution in [0.3, 0.4) is 0 Å². The number of carbonyl (C=O) groups excluding carboxylic acids is 3. The van der Waals surface area contributed by atoms with E-state index in [0.717, 1.165) is 37.1 Å². The maximum Gasteiger partial charge on any atom is 0.265 e. The predicted octanol–water partition coefficient (Wildman–Crippen LogP) is 4.51. The summed E-state index contributed by atoms with van der Waals surface area (Å²) in [6.07, 6.45) is 3.09. The van der Waals surface area contributed by atoms with E-state index in [-0.39, 0.29) is 30.8 Å². The summed E-state index contributed by atoms with van der Waals surface area (Å²) >= 11 is 0. The molecular weight excluding hydrogens is 444 g/mol. The second kappa shape index (κ2) is 10.9. The van der Waals surface area contributed by atoms with Gasteiger partial charge in [-0.3, -0.25) is 14.4 Å². The van der Waals surface area contributed by atoms with Gasteiger partial charge in [-0.2, -0.15) is 0 Å². The van der Waals surface area contributed by atoms with Crippen molar-refractivity contribution in [3.8, 4) is 11.5 Å². The molecule has 2 aliphatic rings. The number of ether oxygens (including phenoxy) is 2. The molecule has 0 saturated carbocycles. The van der Waals surface area contributed by atoms with Gasteiger partial charge in [0, 0.05) is 31.6 Å². The molecule has 186 valence electrons. The number of benzene rings is 2. The van der Waals surface area contributed by atoms with Crippen LogP contribution in [0.1, 0.15) is 66.9 Å². The molecule has 0 aliphatic carbocycles. The number of likely N-dealkylation sites (tertiary alicyclic amines) is 1. The van der Waals surface area contributed by atoms with Crippen molar-refractivity contribution in [3.63, 3.8) is 0 Å². The molecule has 7 nitrogen and oxygen atoms in total. The number of carbonyl (C=O) groups is 3. The normalized spacial score (nSPS) is 15.3. The summed E-state index contributed by atoms with van der Waals surface area (Å²) in [4.78, 5) is 41.4. The number of fused-ring (bicyclic) bond motifs is 1. The Morgan fingerprint density at radius 2 is 1.86 bits per heavy atom. The highest BCUT2D eigenvalue weighted by Gasteiger charge is 2.27. The standard InChI is InChI=1S/C28H34N2O5/c1-19(2)22-13-20(3)14-23(15-22)34-17-25(31)21-8-9-26-24(16-21)30(28(33)18-35-26)12-6-7-27(32)29-10-4-5-11-29/h8-9,13-16,19H,4-7,10-12,17-18H2,1-3H3. The Morgan fingerprint density at radius 1 is 1.09 bits per heavy atom. The third kappa shape index (κ3) is 6.02. The number of amides is 2. The van der Waals surface area contributed by atoms with Gasteiger partial charge in [-0.25, -0.2) is 0 Å². The Balaban J connectivity index is 1.41. The minimum Gasteiger partial charge on any atom is -0.485 e. The third-order valence-electron chi connectivity index (χ3n) is 6.56. The first-order valence-electron chi connectivity index (χ1n) is 12.4. The van der Waals surface area contributed by atoms with Crippen molar-refractivity contribution in [3.05, 3.63) is 53.1 Å². The molecule has 2 aromatic carbocycles. The van der Waals surface area contributed by atoms with Crippen molar-refractivity contribution >= 4 is 23.3 Å². The van der Waals surface area contributed by atoms with Crippen molar-refractivity contribution in [2.45, 2.75) is 52.4 Å². The number of hydrogen-bond acceptors (Lipinski definition) is 5. The number of rotatable bonds is 9. The molecule has 0 spiro atoms. The van der Waals surface area contributed by atoms with Gasteiger partial charge < -0.3 is 19.3 Å². The van der Waals surface area contributed by atoms with E-state index in [0.29, 0.717) is 48.1 Å². The minimum absolute atomic E-state index is 0.0466. The van der Waals surface area contributed by atoms with Gasteiger partial charge in [-0.1, -0.05) is 19.9 Å². The molecule has 2 aromatic rings. The molecule has 0 bridgehead atoms. The Morgan fingerprint density at radius 3 is 2.60 bits per heavy atom. The lowest BCUT2D eigenvalue weighted by Crippen LogP contribution is -2.40. The van der Waals surface area contributed by atoms with Crippen molar-refractivity contribution < 1.29 is 23.9 Å². The lowest BCUT2D eigenvalue weighted by atomic mass is 10.0. The molecule has 7 heteroatoms. The highest BCUT2D eigenvalue weighted by molar-refractivity contribution is 6.02. The minimum atomic E-state index is -0.178. The fraction of sp³-hybridized carbons (Fsp3) is 0.464. The van der Waals surface area contributed by atoms with Crippen LogP contribution in [0.2, 0.25) is 0 Å². The number of nitrogens with zero attached hydrogens (tertiary/aromatic N) is 2. The number of ketones is 1. The first-order chi connectivity index (χ1) is 16.8. The molecule has 0 aromatic heterocycles. The molecule has 2 aliphatic heterocycles. The van der Waals surface area contributed by atoms with Crippen LogP contribution in [0.5, 0.6) is 11.5 Å². The summed E-state index contributed by atoms with van der Waals surface area (Å²) in [6.45, 7) is 8.16. The van der Waals surface area contributed by atoms with Gasteiger partial charge in [-0.05, 0) is 73.6 Å². The zero-order valence-electron chi connectivity index (χ0n) is 20.8. The van der Waals surface area contributed by atoms with E-state index in [9.17, 15) is 14.4 Å². The number of aryl methyl sites for hydroxylation is 1. The maximum absolute atomic E-state index is 12.9. The second-order valence-corrected chi connectivity index (χ2v) is 9.65. The van der Waals surface area contributed by atoms with Crippen molar-refractivity contribution in [1.29, 1.82) is 0 Å². The van der Waals surface area contributed by atoms with Gasteiger partial charge in [0.25, 0.3) is 5.91 Å². The molecule has 2 heterocycles. The first kappa shape index (κ1) is 24.8. The average molecular weight is 479 g/mol. The molecule has 35 heavy (non-hydrogen) atoms. The highest BCUT2D eigenvalue weighted by atomic mass is 16.5. The van der Waals surface area contributed by atoms with Gasteiger partial charge in [0.05, 0.1) is 5.69 Å². The molecule has 0 unspecified atom stereocenters. The topological polar surface area (TPSA) is 76.2 Å². The Bertz CT molecular complexity index is 1100. The largest absolute Gasteiger partial charge is 0.485 e. The van der Waals surface area contributed by atoms with E-state index in [1.807, 2.05) is 24.0 Å². The first-order valence-corrected chi connectivity index (χ1v) is 12.4. The molecular formula is C28H34N2O5. The summed E-state index contributed by atoms with van der Waals surface area (Å²) in [5.41, 5.74) is 3.27. The van der Waals surface area contributed by atoms with Crippen LogP contribution in [-0.4, -0.2) is 55.3 Å². The fourth-order valence-corrected chi connectivity index (χ4v) is 4.56. The van der Waals surface area contributed by atoms with Gasteiger partial charge in [0.15, 0.2) is 19.0 Å². The summed E-state index contributed by atoms with van der Waals surface area (Å²) in [7, 11) is 0. The zero-order valence-corrected chi connectivity index (χ0v) is 20.8. The SMILES string of the molecule is Cc1cc(OCC(=O)c2ccc3c(c2)N(CCCC(=O)N2CCCC2)C(=O)CO3)cc(C(C)C)c1. The van der Waals surface area contributed by atoms with Crippen LogP contribution < -0.4 is 14.4 Å². The Labute approximate surface area is 207 Å². The summed E-state index contributed by atoms with van der Waals surface area (Å²) in [6, 6.07) is 11.1. The lowest BCUT2D eigenvalue weighted by molar-refractivity contribution is -0.130. The van der Waals surface area contributed by atoms with Gasteiger partial charge in [0.1, 0.15) is 11.5 Å². The number of anilines is 1. The van der Waals surface area contributed by atoms with Crippen molar-refractivity contribution in [2.75, 3.05) is 37.7 Å². The molecule has 0 atom stereocenters. The van der Waals surface area contributed by atoms with E-state index in [1.165, 1.54) is 0 Å². The van der Waals surface area contributed by atoms with E-state index in [4.69, 9.17) is 9.47 Å². The van der Waals surface area contributed by atoms with Gasteiger partial charge in [-0.15, -0.1) is 0 Å². The van der Waals surface area contributed by atoms with Crippen LogP contribution >= 0.6 is 0 Å². The Hall–Kier alpha value is -3.35.